The summed E-state index contributed by atoms with van der Waals surface area (Å²) >= 11 is 0. The highest BCUT2D eigenvalue weighted by Crippen LogP contribution is 2.41. The van der Waals surface area contributed by atoms with Crippen LogP contribution in [0.3, 0.4) is 0 Å². The highest BCUT2D eigenvalue weighted by Gasteiger charge is 2.21. The van der Waals surface area contributed by atoms with E-state index in [0.717, 1.165) is 54.2 Å². The third-order valence-electron chi connectivity index (χ3n) is 6.12. The summed E-state index contributed by atoms with van der Waals surface area (Å²) in [5.41, 5.74) is 2.06. The number of nitriles is 1. The summed E-state index contributed by atoms with van der Waals surface area (Å²) in [6, 6.07) is 28.4. The first-order chi connectivity index (χ1) is 15.8. The molecular weight excluding hydrogens is 392 g/mol. The molecule has 0 aliphatic carbocycles. The van der Waals surface area contributed by atoms with E-state index in [4.69, 9.17) is 6.57 Å². The van der Waals surface area contributed by atoms with Crippen LogP contribution in [0, 0.1) is 18.0 Å². The number of benzene rings is 4. The quantitative estimate of drug-likeness (QED) is 0.189. The van der Waals surface area contributed by atoms with E-state index in [1.54, 1.807) is 0 Å². The van der Waals surface area contributed by atoms with Gasteiger partial charge in [0.05, 0.1) is 10.5 Å². The van der Waals surface area contributed by atoms with Gasteiger partial charge in [-0.05, 0) is 27.8 Å². The van der Waals surface area contributed by atoms with Crippen molar-refractivity contribution >= 4 is 43.1 Å². The molecule has 0 amide bonds. The molecule has 0 saturated carbocycles. The van der Waals surface area contributed by atoms with Gasteiger partial charge in [-0.25, -0.2) is 0 Å². The number of hydrogen-bond acceptors (Lipinski definition) is 3. The average Bonchev–Trinajstić information content (AvgIpc) is 3.32. The van der Waals surface area contributed by atoms with Gasteiger partial charge < -0.3 is 0 Å². The second-order valence-electron chi connectivity index (χ2n) is 7.66. The van der Waals surface area contributed by atoms with Crippen molar-refractivity contribution < 1.29 is 0 Å². The van der Waals surface area contributed by atoms with Crippen molar-refractivity contribution in [3.8, 4) is 17.3 Å². The Balaban J connectivity index is 2.06. The van der Waals surface area contributed by atoms with E-state index in [1.165, 1.54) is 0 Å². The fourth-order valence-corrected chi connectivity index (χ4v) is 4.94. The van der Waals surface area contributed by atoms with Gasteiger partial charge in [0, 0.05) is 32.5 Å². The number of fused-ring (bicyclic) bond motifs is 6. The van der Waals surface area contributed by atoms with Crippen molar-refractivity contribution in [2.75, 3.05) is 0 Å². The molecule has 6 rings (SSSR count). The Morgan fingerprint density at radius 3 is 1.97 bits per heavy atom. The summed E-state index contributed by atoms with van der Waals surface area (Å²) in [5, 5.41) is 23.0. The number of nitrogens with zero attached hydrogens (tertiary/aromatic N) is 4. The van der Waals surface area contributed by atoms with Crippen LogP contribution in [0.4, 0.5) is 0 Å². The normalized spacial score (nSPS) is 12.7. The summed E-state index contributed by atoms with van der Waals surface area (Å²) in [7, 11) is 0. The molecule has 0 saturated heterocycles. The van der Waals surface area contributed by atoms with Gasteiger partial charge in [-0.3, -0.25) is 0 Å². The summed E-state index contributed by atoms with van der Waals surface area (Å²) in [4.78, 5) is 7.64. The second-order valence-corrected chi connectivity index (χ2v) is 7.66. The third kappa shape index (κ3) is 2.35. The van der Waals surface area contributed by atoms with Gasteiger partial charge in [-0.2, -0.15) is 16.8 Å². The molecule has 4 heteroatoms. The molecule has 0 heterocycles. The van der Waals surface area contributed by atoms with Gasteiger partial charge in [0.15, 0.2) is 5.36 Å². The minimum atomic E-state index is 0.688. The fraction of sp³-hybridized carbons (Fsp3) is 0. The Morgan fingerprint density at radius 2 is 1.28 bits per heavy atom. The highest BCUT2D eigenvalue weighted by atomic mass is 15.2. The number of rotatable bonds is 1. The molecule has 32 heavy (non-hydrogen) atoms. The molecule has 0 aliphatic rings. The highest BCUT2D eigenvalue weighted by molar-refractivity contribution is 6.28. The lowest BCUT2D eigenvalue weighted by Gasteiger charge is -2.08. The van der Waals surface area contributed by atoms with Gasteiger partial charge >= 0.3 is 0 Å². The third-order valence-corrected chi connectivity index (χ3v) is 6.12. The van der Waals surface area contributed by atoms with E-state index >= 15 is 0 Å². The van der Waals surface area contributed by atoms with E-state index in [-0.39, 0.29) is 0 Å². The maximum absolute atomic E-state index is 9.51. The lowest BCUT2D eigenvalue weighted by atomic mass is 9.94. The Bertz CT molecular complexity index is 1880. The topological polar surface area (TPSA) is 52.9 Å². The standard InChI is InChI=1S/C28H14N4/c1-30-32-27-21-14-8-6-12-19(21)25-23(27)15-22-18-11-5-7-13-20(18)28(31-16-29)26(22)24(25)17-9-3-2-4-10-17/h2-15H/b31-28?,32-27-. The predicted octanol–water partition coefficient (Wildman–Crippen LogP) is 5.96. The van der Waals surface area contributed by atoms with Gasteiger partial charge in [-0.15, -0.1) is 4.95 Å². The first-order valence-corrected chi connectivity index (χ1v) is 10.2. The molecule has 0 fully saturated rings. The summed E-state index contributed by atoms with van der Waals surface area (Å²) in [6.07, 6.45) is 2.01. The summed E-state index contributed by atoms with van der Waals surface area (Å²) in [5.74, 6) is 0. The van der Waals surface area contributed by atoms with Crippen molar-refractivity contribution in [3.63, 3.8) is 0 Å². The Kier molecular flexibility index (Phi) is 3.87. The van der Waals surface area contributed by atoms with Crippen LogP contribution in [0.15, 0.2) is 95.0 Å². The minimum absolute atomic E-state index is 0.688. The Morgan fingerprint density at radius 1 is 0.656 bits per heavy atom. The number of hydrogen-bond donors (Lipinski definition) is 0. The first kappa shape index (κ1) is 18.0. The average molecular weight is 406 g/mol. The van der Waals surface area contributed by atoms with E-state index in [2.05, 4.69) is 45.4 Å². The van der Waals surface area contributed by atoms with Gasteiger partial charge in [0.2, 0.25) is 6.19 Å². The zero-order valence-corrected chi connectivity index (χ0v) is 16.9. The second kappa shape index (κ2) is 6.87. The molecule has 0 aliphatic heterocycles. The lowest BCUT2D eigenvalue weighted by molar-refractivity contribution is 1.37. The van der Waals surface area contributed by atoms with E-state index in [0.29, 0.717) is 10.7 Å². The molecule has 0 radical (unpaired) electrons. The van der Waals surface area contributed by atoms with Gasteiger partial charge in [0.1, 0.15) is 0 Å². The molecule has 6 aromatic carbocycles. The van der Waals surface area contributed by atoms with Crippen LogP contribution in [0.25, 0.3) is 59.2 Å². The molecule has 6 aromatic rings. The van der Waals surface area contributed by atoms with Crippen LogP contribution in [0.1, 0.15) is 0 Å². The maximum atomic E-state index is 9.51. The molecule has 0 bridgehead atoms. The molecule has 0 spiro atoms. The summed E-state index contributed by atoms with van der Waals surface area (Å²) in [6.45, 7) is 7.41. The van der Waals surface area contributed by atoms with Crippen molar-refractivity contribution in [2.24, 2.45) is 10.1 Å². The fourth-order valence-electron chi connectivity index (χ4n) is 4.94. The van der Waals surface area contributed by atoms with Crippen LogP contribution < -0.4 is 10.7 Å². The molecule has 146 valence electrons. The van der Waals surface area contributed by atoms with Crippen molar-refractivity contribution in [2.45, 2.75) is 0 Å². The Hall–Kier alpha value is -4.80. The molecule has 0 aromatic heterocycles. The zero-order chi connectivity index (χ0) is 21.7. The monoisotopic (exact) mass is 406 g/mol. The molecule has 0 N–H and O–H groups in total. The van der Waals surface area contributed by atoms with Gasteiger partial charge in [0.25, 0.3) is 0 Å². The Labute approximate surface area is 183 Å². The zero-order valence-electron chi connectivity index (χ0n) is 16.9. The van der Waals surface area contributed by atoms with E-state index in [9.17, 15) is 5.26 Å². The minimum Gasteiger partial charge on any atom is -0.181 e. The molecule has 4 nitrogen and oxygen atoms in total. The summed E-state index contributed by atoms with van der Waals surface area (Å²) < 4.78 is 0. The van der Waals surface area contributed by atoms with Gasteiger partial charge in [-0.1, -0.05) is 78.9 Å². The van der Waals surface area contributed by atoms with Crippen LogP contribution in [-0.2, 0) is 0 Å². The SMILES string of the molecule is [C-]#[N+]/N=c1/c2ccccc2c2c(-c3ccccc3)c3c(=NC#N)c4ccccc4c3cc12. The molecule has 0 atom stereocenters. The van der Waals surface area contributed by atoms with Crippen molar-refractivity contribution in [1.29, 1.82) is 5.26 Å². The lowest BCUT2D eigenvalue weighted by Crippen LogP contribution is -2.01. The maximum Gasteiger partial charge on any atom is 0.206 e. The first-order valence-electron chi connectivity index (χ1n) is 10.2. The largest absolute Gasteiger partial charge is 0.206 e. The van der Waals surface area contributed by atoms with Crippen LogP contribution in [0.5, 0.6) is 0 Å². The van der Waals surface area contributed by atoms with Crippen LogP contribution in [0.2, 0.25) is 0 Å². The van der Waals surface area contributed by atoms with Crippen molar-refractivity contribution in [3.05, 3.63) is 107 Å². The van der Waals surface area contributed by atoms with E-state index < -0.39 is 0 Å². The predicted molar refractivity (Wildman–Crippen MR) is 128 cm³/mol. The van der Waals surface area contributed by atoms with Crippen LogP contribution >= 0.6 is 0 Å². The molecule has 0 unspecified atom stereocenters. The van der Waals surface area contributed by atoms with E-state index in [1.807, 2.05) is 60.8 Å². The van der Waals surface area contributed by atoms with Crippen LogP contribution in [-0.4, -0.2) is 0 Å². The van der Waals surface area contributed by atoms with Crippen molar-refractivity contribution in [1.82, 2.24) is 0 Å². The molecular formula is C28H14N4. The smallest absolute Gasteiger partial charge is 0.181 e.